The van der Waals surface area contributed by atoms with Gasteiger partial charge >= 0.3 is 5.97 Å². The molecule has 1 unspecified atom stereocenters. The monoisotopic (exact) mass is 369 g/mol. The number of hydrogen-bond donors (Lipinski definition) is 2. The molecule has 90 valence electrons. The normalized spacial score (nSPS) is 12.7. The molecule has 0 saturated heterocycles. The van der Waals surface area contributed by atoms with E-state index in [4.69, 9.17) is 5.11 Å². The third kappa shape index (κ3) is 4.16. The first kappa shape index (κ1) is 14.2. The number of carbonyl (C=O) groups is 1. The zero-order valence-electron chi connectivity index (χ0n) is 8.80. The Hall–Kier alpha value is 0.0900. The molecule has 0 amide bonds. The van der Waals surface area contributed by atoms with Crippen LogP contribution in [0.25, 0.3) is 0 Å². The average molecular weight is 371 g/mol. The zero-order chi connectivity index (χ0) is 12.1. The van der Waals surface area contributed by atoms with Crippen LogP contribution in [0.2, 0.25) is 0 Å². The van der Waals surface area contributed by atoms with E-state index < -0.39 is 12.0 Å². The Morgan fingerprint density at radius 2 is 2.31 bits per heavy atom. The van der Waals surface area contributed by atoms with Gasteiger partial charge in [0.05, 0.1) is 3.79 Å². The molecule has 1 heterocycles. The lowest BCUT2D eigenvalue weighted by Crippen LogP contribution is -2.35. The van der Waals surface area contributed by atoms with E-state index in [0.29, 0.717) is 13.0 Å². The molecule has 16 heavy (non-hydrogen) atoms. The van der Waals surface area contributed by atoms with Crippen molar-refractivity contribution in [2.45, 2.75) is 32.4 Å². The van der Waals surface area contributed by atoms with Gasteiger partial charge in [-0.3, -0.25) is 10.1 Å². The van der Waals surface area contributed by atoms with Crippen LogP contribution in [0.3, 0.4) is 0 Å². The van der Waals surface area contributed by atoms with Gasteiger partial charge < -0.3 is 5.11 Å². The molecule has 0 aliphatic rings. The molecule has 1 atom stereocenters. The van der Waals surface area contributed by atoms with Crippen LogP contribution in [0.1, 0.15) is 24.6 Å². The van der Waals surface area contributed by atoms with Crippen molar-refractivity contribution in [3.63, 3.8) is 0 Å². The predicted octanol–water partition coefficient (Wildman–Crippen LogP) is 3.62. The third-order valence-electron chi connectivity index (χ3n) is 2.09. The molecule has 0 fully saturated rings. The molecule has 1 aromatic rings. The van der Waals surface area contributed by atoms with Crippen LogP contribution in [0.4, 0.5) is 0 Å². The van der Waals surface area contributed by atoms with Crippen molar-refractivity contribution >= 4 is 49.2 Å². The quantitative estimate of drug-likeness (QED) is 0.803. The molecular formula is C10H13Br2NO2S. The van der Waals surface area contributed by atoms with Gasteiger partial charge in [-0.1, -0.05) is 13.3 Å². The highest BCUT2D eigenvalue weighted by Gasteiger charge is 2.15. The molecule has 0 spiro atoms. The van der Waals surface area contributed by atoms with Crippen LogP contribution in [-0.2, 0) is 11.3 Å². The third-order valence-corrected chi connectivity index (χ3v) is 5.35. The maximum absolute atomic E-state index is 10.9. The van der Waals surface area contributed by atoms with E-state index in [-0.39, 0.29) is 0 Å². The molecule has 6 heteroatoms. The summed E-state index contributed by atoms with van der Waals surface area (Å²) in [6.45, 7) is 2.57. The maximum atomic E-state index is 10.9. The number of nitrogens with one attached hydrogen (secondary N) is 1. The summed E-state index contributed by atoms with van der Waals surface area (Å²) in [4.78, 5) is 12.0. The molecule has 0 bridgehead atoms. The summed E-state index contributed by atoms with van der Waals surface area (Å²) in [5.74, 6) is -0.781. The topological polar surface area (TPSA) is 49.3 Å². The molecule has 0 aliphatic carbocycles. The first-order chi connectivity index (χ1) is 7.54. The van der Waals surface area contributed by atoms with Crippen molar-refractivity contribution in [1.29, 1.82) is 0 Å². The Bertz CT molecular complexity index is 348. The highest BCUT2D eigenvalue weighted by atomic mass is 79.9. The van der Waals surface area contributed by atoms with Gasteiger partial charge in [0.25, 0.3) is 0 Å². The highest BCUT2D eigenvalue weighted by Crippen LogP contribution is 2.32. The lowest BCUT2D eigenvalue weighted by atomic mass is 10.1. The molecule has 0 aliphatic heterocycles. The second-order valence-electron chi connectivity index (χ2n) is 3.39. The molecular weight excluding hydrogens is 358 g/mol. The second-order valence-corrected chi connectivity index (χ2v) is 6.70. The van der Waals surface area contributed by atoms with Crippen molar-refractivity contribution < 1.29 is 9.90 Å². The van der Waals surface area contributed by atoms with E-state index in [0.717, 1.165) is 19.6 Å². The van der Waals surface area contributed by atoms with Crippen LogP contribution in [-0.4, -0.2) is 17.1 Å². The van der Waals surface area contributed by atoms with Gasteiger partial charge in [-0.2, -0.15) is 0 Å². The Kier molecular flexibility index (Phi) is 5.96. The number of carboxylic acids is 1. The molecule has 0 saturated carbocycles. The van der Waals surface area contributed by atoms with Crippen LogP contribution >= 0.6 is 43.2 Å². The fraction of sp³-hybridized carbons (Fsp3) is 0.500. The van der Waals surface area contributed by atoms with Crippen molar-refractivity contribution in [2.75, 3.05) is 0 Å². The van der Waals surface area contributed by atoms with Gasteiger partial charge in [0.15, 0.2) is 0 Å². The highest BCUT2D eigenvalue weighted by molar-refractivity contribution is 9.13. The minimum Gasteiger partial charge on any atom is -0.480 e. The molecule has 1 aromatic heterocycles. The van der Waals surface area contributed by atoms with Crippen LogP contribution in [0, 0.1) is 0 Å². The van der Waals surface area contributed by atoms with Crippen LogP contribution in [0.5, 0.6) is 0 Å². The summed E-state index contributed by atoms with van der Waals surface area (Å²) in [6.07, 6.45) is 1.52. The number of rotatable bonds is 6. The summed E-state index contributed by atoms with van der Waals surface area (Å²) in [6, 6.07) is 1.54. The number of hydrogen-bond acceptors (Lipinski definition) is 3. The fourth-order valence-electron chi connectivity index (χ4n) is 1.30. The lowest BCUT2D eigenvalue weighted by molar-refractivity contribution is -0.139. The smallest absolute Gasteiger partial charge is 0.320 e. The van der Waals surface area contributed by atoms with Gasteiger partial charge in [-0.15, -0.1) is 11.3 Å². The summed E-state index contributed by atoms with van der Waals surface area (Å²) in [5, 5.41) is 12.0. The van der Waals surface area contributed by atoms with Gasteiger partial charge in [-0.25, -0.2) is 0 Å². The lowest BCUT2D eigenvalue weighted by Gasteiger charge is -2.12. The van der Waals surface area contributed by atoms with Crippen molar-refractivity contribution in [2.24, 2.45) is 0 Å². The predicted molar refractivity (Wildman–Crippen MR) is 72.9 cm³/mol. The van der Waals surface area contributed by atoms with E-state index in [9.17, 15) is 4.79 Å². The van der Waals surface area contributed by atoms with Gasteiger partial charge in [0.2, 0.25) is 0 Å². The van der Waals surface area contributed by atoms with Crippen LogP contribution < -0.4 is 5.32 Å². The summed E-state index contributed by atoms with van der Waals surface area (Å²) in [5.41, 5.74) is 0. The summed E-state index contributed by atoms with van der Waals surface area (Å²) >= 11 is 8.41. The first-order valence-electron chi connectivity index (χ1n) is 4.94. The van der Waals surface area contributed by atoms with Gasteiger partial charge in [0.1, 0.15) is 6.04 Å². The molecule has 1 rings (SSSR count). The Morgan fingerprint density at radius 3 is 2.75 bits per heavy atom. The van der Waals surface area contributed by atoms with Crippen molar-refractivity contribution in [1.82, 2.24) is 5.32 Å². The average Bonchev–Trinajstić information content (AvgIpc) is 2.53. The zero-order valence-corrected chi connectivity index (χ0v) is 12.8. The SMILES string of the molecule is CCCC(NCc1cc(Br)c(Br)s1)C(=O)O. The van der Waals surface area contributed by atoms with Crippen molar-refractivity contribution in [3.8, 4) is 0 Å². The van der Waals surface area contributed by atoms with E-state index in [1.165, 1.54) is 0 Å². The second kappa shape index (κ2) is 6.74. The van der Waals surface area contributed by atoms with E-state index >= 15 is 0 Å². The van der Waals surface area contributed by atoms with Gasteiger partial charge in [-0.05, 0) is 44.3 Å². The Labute approximate surface area is 116 Å². The van der Waals surface area contributed by atoms with E-state index in [1.807, 2.05) is 13.0 Å². The minimum absolute atomic E-state index is 0.454. The summed E-state index contributed by atoms with van der Waals surface area (Å²) in [7, 11) is 0. The number of aliphatic carboxylic acids is 1. The Morgan fingerprint density at radius 1 is 1.62 bits per heavy atom. The number of carboxylic acid groups (broad SMARTS) is 1. The van der Waals surface area contributed by atoms with E-state index in [1.54, 1.807) is 11.3 Å². The molecule has 0 aromatic carbocycles. The fourth-order valence-corrected chi connectivity index (χ4v) is 3.43. The minimum atomic E-state index is -0.781. The number of halogens is 2. The molecule has 3 nitrogen and oxygen atoms in total. The first-order valence-corrected chi connectivity index (χ1v) is 7.34. The van der Waals surface area contributed by atoms with Crippen molar-refractivity contribution in [3.05, 3.63) is 19.2 Å². The summed E-state index contributed by atoms with van der Waals surface area (Å²) < 4.78 is 2.04. The molecule has 0 radical (unpaired) electrons. The maximum Gasteiger partial charge on any atom is 0.320 e. The molecule has 2 N–H and O–H groups in total. The van der Waals surface area contributed by atoms with Gasteiger partial charge in [0, 0.05) is 15.9 Å². The standard InChI is InChI=1S/C10H13Br2NO2S/c1-2-3-8(10(14)15)13-5-6-4-7(11)9(12)16-6/h4,8,13H,2-3,5H2,1H3,(H,14,15). The largest absolute Gasteiger partial charge is 0.480 e. The van der Waals surface area contributed by atoms with E-state index in [2.05, 4.69) is 37.2 Å². The van der Waals surface area contributed by atoms with Crippen LogP contribution in [0.15, 0.2) is 14.3 Å². The number of thiophene rings is 1. The Balaban J connectivity index is 2.51.